The summed E-state index contributed by atoms with van der Waals surface area (Å²) in [6.45, 7) is 6.11. The van der Waals surface area contributed by atoms with Gasteiger partial charge in [-0.1, -0.05) is 12.2 Å². The van der Waals surface area contributed by atoms with E-state index in [4.69, 9.17) is 9.47 Å². The first-order valence-corrected chi connectivity index (χ1v) is 9.26. The van der Waals surface area contributed by atoms with E-state index in [0.29, 0.717) is 39.5 Å². The summed E-state index contributed by atoms with van der Waals surface area (Å²) in [6.07, 6.45) is 7.89. The highest BCUT2D eigenvalue weighted by Crippen LogP contribution is 2.12. The lowest BCUT2D eigenvalue weighted by Crippen LogP contribution is -2.38. The van der Waals surface area contributed by atoms with Crippen molar-refractivity contribution in [1.82, 2.24) is 14.8 Å². The molecule has 2 bridgehead atoms. The van der Waals surface area contributed by atoms with Gasteiger partial charge in [0.25, 0.3) is 0 Å². The molecule has 1 aliphatic heterocycles. The van der Waals surface area contributed by atoms with Gasteiger partial charge in [0.05, 0.1) is 33.0 Å². The van der Waals surface area contributed by atoms with Crippen LogP contribution in [0.1, 0.15) is 23.2 Å². The number of hydrogen-bond acceptors (Lipinski definition) is 5. The average molecular weight is 361 g/mol. The first-order valence-electron chi connectivity index (χ1n) is 9.26. The van der Waals surface area contributed by atoms with E-state index < -0.39 is 0 Å². The molecule has 0 aromatic carbocycles. The number of rotatable bonds is 0. The van der Waals surface area contributed by atoms with Crippen molar-refractivity contribution < 1.29 is 14.3 Å². The lowest BCUT2D eigenvalue weighted by Gasteiger charge is -2.22. The third-order valence-corrected chi connectivity index (χ3v) is 4.50. The Labute approximate surface area is 156 Å². The Morgan fingerprint density at radius 2 is 1.92 bits per heavy atom. The van der Waals surface area contributed by atoms with Gasteiger partial charge in [0, 0.05) is 25.5 Å². The Hall–Kier alpha value is -1.76. The molecule has 2 heterocycles. The van der Waals surface area contributed by atoms with Crippen LogP contribution in [0.3, 0.4) is 0 Å². The van der Waals surface area contributed by atoms with Gasteiger partial charge in [0.1, 0.15) is 0 Å². The van der Waals surface area contributed by atoms with E-state index in [1.165, 1.54) is 5.56 Å². The molecule has 1 amide bonds. The summed E-state index contributed by atoms with van der Waals surface area (Å²) < 4.78 is 11.1. The highest BCUT2D eigenvalue weighted by atomic mass is 16.5. The van der Waals surface area contributed by atoms with E-state index in [1.807, 2.05) is 39.4 Å². The molecule has 0 fully saturated rings. The van der Waals surface area contributed by atoms with Gasteiger partial charge < -0.3 is 14.4 Å². The highest BCUT2D eigenvalue weighted by Gasteiger charge is 2.12. The van der Waals surface area contributed by atoms with Gasteiger partial charge in [-0.2, -0.15) is 0 Å². The summed E-state index contributed by atoms with van der Waals surface area (Å²) in [5.41, 5.74) is 3.42. The zero-order chi connectivity index (χ0) is 18.8. The molecule has 26 heavy (non-hydrogen) atoms. The number of aromatic nitrogens is 1. The van der Waals surface area contributed by atoms with Crippen LogP contribution in [-0.2, 0) is 20.7 Å². The minimum atomic E-state index is 0.120. The van der Waals surface area contributed by atoms with Crippen molar-refractivity contribution in [1.29, 1.82) is 0 Å². The average Bonchev–Trinajstić information content (AvgIpc) is 2.61. The number of likely N-dealkylation sites (N-methyl/N-ethyl adjacent to an activating group) is 2. The largest absolute Gasteiger partial charge is 0.377 e. The van der Waals surface area contributed by atoms with E-state index in [1.54, 1.807) is 4.90 Å². The van der Waals surface area contributed by atoms with Crippen LogP contribution in [-0.4, -0.2) is 80.8 Å². The molecule has 1 aliphatic rings. The third kappa shape index (κ3) is 7.23. The zero-order valence-electron chi connectivity index (χ0n) is 16.2. The molecule has 6 heteroatoms. The highest BCUT2D eigenvalue weighted by molar-refractivity contribution is 5.77. The Balaban J connectivity index is 2.00. The number of pyridine rings is 1. The van der Waals surface area contributed by atoms with Crippen molar-refractivity contribution in [2.75, 3.05) is 60.2 Å². The number of fused-ring (bicyclic) bond motifs is 2. The van der Waals surface area contributed by atoms with Crippen LogP contribution >= 0.6 is 0 Å². The van der Waals surface area contributed by atoms with Gasteiger partial charge in [-0.15, -0.1) is 0 Å². The summed E-state index contributed by atoms with van der Waals surface area (Å²) in [7, 11) is 3.82. The summed E-state index contributed by atoms with van der Waals surface area (Å²) in [5, 5.41) is 0. The summed E-state index contributed by atoms with van der Waals surface area (Å²) in [5.74, 6) is 0.120. The molecule has 1 aromatic rings. The predicted molar refractivity (Wildman–Crippen MR) is 103 cm³/mol. The third-order valence-electron chi connectivity index (χ3n) is 4.50. The maximum absolute atomic E-state index is 12.2. The Morgan fingerprint density at radius 1 is 1.12 bits per heavy atom. The first-order chi connectivity index (χ1) is 12.6. The minimum absolute atomic E-state index is 0.120. The van der Waals surface area contributed by atoms with Gasteiger partial charge in [0.15, 0.2) is 0 Å². The van der Waals surface area contributed by atoms with Crippen LogP contribution in [0, 0.1) is 6.92 Å². The zero-order valence-corrected chi connectivity index (χ0v) is 16.2. The Kier molecular flexibility index (Phi) is 8.74. The number of amides is 1. The monoisotopic (exact) mass is 361 g/mol. The Morgan fingerprint density at radius 3 is 2.77 bits per heavy atom. The van der Waals surface area contributed by atoms with Gasteiger partial charge in [-0.05, 0) is 50.6 Å². The van der Waals surface area contributed by atoms with E-state index in [9.17, 15) is 4.79 Å². The SMILES string of the molecule is Cc1ncc2cc1CCCN(C)CC(=O)N(C)CCOCCOC/C=C/2. The van der Waals surface area contributed by atoms with Crippen LogP contribution in [0.15, 0.2) is 18.3 Å². The maximum Gasteiger partial charge on any atom is 0.236 e. The molecule has 0 saturated carbocycles. The van der Waals surface area contributed by atoms with Crippen LogP contribution in [0.5, 0.6) is 0 Å². The summed E-state index contributed by atoms with van der Waals surface area (Å²) in [4.78, 5) is 20.5. The normalized spacial score (nSPS) is 20.9. The van der Waals surface area contributed by atoms with Crippen molar-refractivity contribution in [3.63, 3.8) is 0 Å². The molecule has 0 unspecified atom stereocenters. The van der Waals surface area contributed by atoms with Crippen LogP contribution in [0.2, 0.25) is 0 Å². The van der Waals surface area contributed by atoms with Crippen LogP contribution in [0.4, 0.5) is 0 Å². The smallest absolute Gasteiger partial charge is 0.236 e. The lowest BCUT2D eigenvalue weighted by molar-refractivity contribution is -0.131. The molecule has 0 atom stereocenters. The van der Waals surface area contributed by atoms with Gasteiger partial charge >= 0.3 is 0 Å². The molecule has 0 N–H and O–H groups in total. The number of carbonyl (C=O) groups is 1. The quantitative estimate of drug-likeness (QED) is 0.705. The Bertz CT molecular complexity index is 604. The van der Waals surface area contributed by atoms with Gasteiger partial charge in [-0.3, -0.25) is 14.7 Å². The fraction of sp³-hybridized carbons (Fsp3) is 0.600. The molecule has 0 saturated heterocycles. The van der Waals surface area contributed by atoms with Crippen molar-refractivity contribution in [3.05, 3.63) is 35.2 Å². The van der Waals surface area contributed by atoms with Crippen molar-refractivity contribution >= 4 is 12.0 Å². The molecule has 0 spiro atoms. The second-order valence-corrected chi connectivity index (χ2v) is 6.76. The standard InChI is InChI=1S/C20H31N3O3/c1-17-19-7-4-8-22(2)16-20(24)23(3)9-11-26-13-12-25-10-5-6-18(14-19)15-21-17/h5-6,14-15H,4,7-13,16H2,1-3H3/b6-5+. The van der Waals surface area contributed by atoms with E-state index in [0.717, 1.165) is 30.6 Å². The molecule has 144 valence electrons. The van der Waals surface area contributed by atoms with Crippen molar-refractivity contribution in [2.24, 2.45) is 0 Å². The van der Waals surface area contributed by atoms with E-state index in [2.05, 4.69) is 16.0 Å². The number of hydrogen-bond donors (Lipinski definition) is 0. The predicted octanol–water partition coefficient (Wildman–Crippen LogP) is 1.77. The van der Waals surface area contributed by atoms with E-state index in [-0.39, 0.29) is 5.91 Å². The van der Waals surface area contributed by atoms with E-state index >= 15 is 0 Å². The minimum Gasteiger partial charge on any atom is -0.377 e. The topological polar surface area (TPSA) is 54.9 Å². The summed E-state index contributed by atoms with van der Waals surface area (Å²) >= 11 is 0. The number of ether oxygens (including phenoxy) is 2. The molecule has 6 nitrogen and oxygen atoms in total. The molecule has 2 rings (SSSR count). The number of nitrogens with zero attached hydrogens (tertiary/aromatic N) is 3. The molecular weight excluding hydrogens is 330 g/mol. The molecule has 0 aliphatic carbocycles. The van der Waals surface area contributed by atoms with Crippen molar-refractivity contribution in [3.8, 4) is 0 Å². The van der Waals surface area contributed by atoms with Gasteiger partial charge in [0.2, 0.25) is 5.91 Å². The number of aryl methyl sites for hydroxylation is 2. The second-order valence-electron chi connectivity index (χ2n) is 6.76. The number of carbonyl (C=O) groups excluding carboxylic acids is 1. The summed E-state index contributed by atoms with van der Waals surface area (Å²) in [6, 6.07) is 2.19. The van der Waals surface area contributed by atoms with Gasteiger partial charge in [-0.25, -0.2) is 0 Å². The first kappa shape index (κ1) is 20.6. The fourth-order valence-electron chi connectivity index (χ4n) is 2.79. The maximum atomic E-state index is 12.2. The lowest BCUT2D eigenvalue weighted by atomic mass is 10.1. The van der Waals surface area contributed by atoms with Crippen LogP contribution < -0.4 is 0 Å². The molecule has 1 aromatic heterocycles. The molecular formula is C20H31N3O3. The second kappa shape index (κ2) is 11.1. The molecule has 0 radical (unpaired) electrons. The fourth-order valence-corrected chi connectivity index (χ4v) is 2.79. The van der Waals surface area contributed by atoms with Crippen molar-refractivity contribution in [2.45, 2.75) is 19.8 Å². The van der Waals surface area contributed by atoms with Crippen LogP contribution in [0.25, 0.3) is 6.08 Å².